The van der Waals surface area contributed by atoms with Crippen molar-refractivity contribution < 1.29 is 4.79 Å². The zero-order valence-electron chi connectivity index (χ0n) is 14.1. The molecule has 0 unspecified atom stereocenters. The summed E-state index contributed by atoms with van der Waals surface area (Å²) in [6, 6.07) is 8.58. The van der Waals surface area contributed by atoms with E-state index in [1.54, 1.807) is 6.20 Å². The number of anilines is 1. The molecule has 0 radical (unpaired) electrons. The molecule has 1 heterocycles. The molecule has 1 aliphatic carbocycles. The molecule has 0 saturated heterocycles. The van der Waals surface area contributed by atoms with Crippen molar-refractivity contribution >= 4 is 11.7 Å². The number of aryl methyl sites for hydroxylation is 1. The molecule has 0 spiro atoms. The molecule has 2 N–H and O–H groups in total. The van der Waals surface area contributed by atoms with Gasteiger partial charge in [0.25, 0.3) is 5.91 Å². The Morgan fingerprint density at radius 3 is 2.50 bits per heavy atom. The zero-order chi connectivity index (χ0) is 16.8. The van der Waals surface area contributed by atoms with Crippen LogP contribution in [0.4, 0.5) is 5.82 Å². The second-order valence-electron chi connectivity index (χ2n) is 6.43. The predicted octanol–water partition coefficient (Wildman–Crippen LogP) is 3.46. The van der Waals surface area contributed by atoms with Crippen molar-refractivity contribution in [3.63, 3.8) is 0 Å². The highest BCUT2D eigenvalue weighted by molar-refractivity contribution is 5.91. The third-order valence-corrected chi connectivity index (χ3v) is 4.42. The van der Waals surface area contributed by atoms with Gasteiger partial charge in [0, 0.05) is 12.6 Å². The Kier molecular flexibility index (Phi) is 5.41. The normalized spacial score (nSPS) is 15.0. The van der Waals surface area contributed by atoms with E-state index in [0.717, 1.165) is 11.4 Å². The van der Waals surface area contributed by atoms with Gasteiger partial charge in [0.05, 0.1) is 12.4 Å². The van der Waals surface area contributed by atoms with Gasteiger partial charge in [0.15, 0.2) is 0 Å². The lowest BCUT2D eigenvalue weighted by atomic mass is 9.96. The van der Waals surface area contributed by atoms with Gasteiger partial charge in [-0.2, -0.15) is 0 Å². The van der Waals surface area contributed by atoms with E-state index in [0.29, 0.717) is 18.3 Å². The van der Waals surface area contributed by atoms with Gasteiger partial charge in [0.1, 0.15) is 11.5 Å². The van der Waals surface area contributed by atoms with Crippen molar-refractivity contribution in [2.45, 2.75) is 51.6 Å². The monoisotopic (exact) mass is 324 g/mol. The lowest BCUT2D eigenvalue weighted by Crippen LogP contribution is -2.25. The Bertz CT molecular complexity index is 661. The number of carbonyl (C=O) groups is 1. The summed E-state index contributed by atoms with van der Waals surface area (Å²) in [5.41, 5.74) is 2.62. The van der Waals surface area contributed by atoms with Gasteiger partial charge in [-0.15, -0.1) is 0 Å². The van der Waals surface area contributed by atoms with E-state index in [1.165, 1.54) is 43.9 Å². The van der Waals surface area contributed by atoms with Crippen molar-refractivity contribution in [2.75, 3.05) is 5.32 Å². The van der Waals surface area contributed by atoms with Crippen LogP contribution in [-0.2, 0) is 6.54 Å². The summed E-state index contributed by atoms with van der Waals surface area (Å²) in [6.45, 7) is 2.53. The van der Waals surface area contributed by atoms with E-state index < -0.39 is 0 Å². The molecule has 0 atom stereocenters. The van der Waals surface area contributed by atoms with Gasteiger partial charge in [-0.1, -0.05) is 49.1 Å². The largest absolute Gasteiger partial charge is 0.366 e. The van der Waals surface area contributed by atoms with Gasteiger partial charge < -0.3 is 10.6 Å². The Morgan fingerprint density at radius 1 is 1.08 bits per heavy atom. The Hall–Kier alpha value is -2.43. The lowest BCUT2D eigenvalue weighted by Gasteiger charge is -2.23. The van der Waals surface area contributed by atoms with Crippen LogP contribution in [0.3, 0.4) is 0 Å². The van der Waals surface area contributed by atoms with Crippen LogP contribution in [0.5, 0.6) is 0 Å². The molecule has 24 heavy (non-hydrogen) atoms. The van der Waals surface area contributed by atoms with Gasteiger partial charge in [-0.05, 0) is 25.3 Å². The van der Waals surface area contributed by atoms with Crippen LogP contribution < -0.4 is 10.6 Å². The molecule has 2 aromatic rings. The number of benzene rings is 1. The molecule has 1 saturated carbocycles. The number of carbonyl (C=O) groups excluding carboxylic acids is 1. The first-order valence-electron chi connectivity index (χ1n) is 8.63. The number of amides is 1. The van der Waals surface area contributed by atoms with E-state index in [1.807, 2.05) is 31.2 Å². The third-order valence-electron chi connectivity index (χ3n) is 4.42. The molecule has 5 heteroatoms. The third kappa shape index (κ3) is 4.54. The molecule has 126 valence electrons. The van der Waals surface area contributed by atoms with Gasteiger partial charge in [-0.3, -0.25) is 4.79 Å². The summed E-state index contributed by atoms with van der Waals surface area (Å²) >= 11 is 0. The highest BCUT2D eigenvalue weighted by Crippen LogP contribution is 2.20. The summed E-state index contributed by atoms with van der Waals surface area (Å²) in [7, 11) is 0. The number of hydrogen-bond acceptors (Lipinski definition) is 4. The molecule has 1 aliphatic rings. The fourth-order valence-corrected chi connectivity index (χ4v) is 2.95. The Morgan fingerprint density at radius 2 is 1.83 bits per heavy atom. The van der Waals surface area contributed by atoms with Crippen LogP contribution in [-0.4, -0.2) is 21.9 Å². The minimum Gasteiger partial charge on any atom is -0.366 e. The van der Waals surface area contributed by atoms with Crippen LogP contribution in [0.2, 0.25) is 0 Å². The summed E-state index contributed by atoms with van der Waals surface area (Å²) in [5, 5.41) is 6.28. The van der Waals surface area contributed by atoms with Crippen molar-refractivity contribution in [2.24, 2.45) is 0 Å². The average molecular weight is 324 g/mol. The Labute approximate surface area is 142 Å². The molecule has 0 aliphatic heterocycles. The molecular formula is C19H24N4O. The highest BCUT2D eigenvalue weighted by Gasteiger charge is 2.14. The number of nitrogens with zero attached hydrogens (tertiary/aromatic N) is 2. The van der Waals surface area contributed by atoms with Crippen LogP contribution >= 0.6 is 0 Å². The topological polar surface area (TPSA) is 66.9 Å². The number of aromatic nitrogens is 2. The first kappa shape index (κ1) is 16.4. The van der Waals surface area contributed by atoms with Crippen molar-refractivity contribution in [3.8, 4) is 0 Å². The van der Waals surface area contributed by atoms with E-state index in [9.17, 15) is 4.79 Å². The lowest BCUT2D eigenvalue weighted by molar-refractivity contribution is 0.0945. The van der Waals surface area contributed by atoms with Gasteiger partial charge >= 0.3 is 0 Å². The van der Waals surface area contributed by atoms with Crippen molar-refractivity contribution in [1.82, 2.24) is 15.3 Å². The van der Waals surface area contributed by atoms with E-state index in [4.69, 9.17) is 0 Å². The van der Waals surface area contributed by atoms with Gasteiger partial charge in [0.2, 0.25) is 0 Å². The molecule has 0 bridgehead atoms. The fraction of sp³-hybridized carbons (Fsp3) is 0.421. The zero-order valence-corrected chi connectivity index (χ0v) is 14.1. The SMILES string of the molecule is Cc1ccc(CNC(=O)c2cnc(NC3CCCCC3)cn2)cc1. The molecule has 1 aromatic heterocycles. The molecule has 5 nitrogen and oxygen atoms in total. The summed E-state index contributed by atoms with van der Waals surface area (Å²) in [6.07, 6.45) is 9.41. The van der Waals surface area contributed by atoms with Crippen LogP contribution in [0.15, 0.2) is 36.7 Å². The summed E-state index contributed by atoms with van der Waals surface area (Å²) in [4.78, 5) is 20.7. The average Bonchev–Trinajstić information content (AvgIpc) is 2.62. The maximum absolute atomic E-state index is 12.2. The second kappa shape index (κ2) is 7.90. The van der Waals surface area contributed by atoms with E-state index in [2.05, 4.69) is 20.6 Å². The first-order chi connectivity index (χ1) is 11.7. The summed E-state index contributed by atoms with van der Waals surface area (Å²) in [5.74, 6) is 0.546. The van der Waals surface area contributed by atoms with Crippen molar-refractivity contribution in [3.05, 3.63) is 53.5 Å². The highest BCUT2D eigenvalue weighted by atomic mass is 16.1. The second-order valence-corrected chi connectivity index (χ2v) is 6.43. The minimum absolute atomic E-state index is 0.202. The summed E-state index contributed by atoms with van der Waals surface area (Å²) < 4.78 is 0. The Balaban J connectivity index is 1.52. The first-order valence-corrected chi connectivity index (χ1v) is 8.63. The fourth-order valence-electron chi connectivity index (χ4n) is 2.95. The smallest absolute Gasteiger partial charge is 0.271 e. The maximum atomic E-state index is 12.2. The van der Waals surface area contributed by atoms with E-state index >= 15 is 0 Å². The van der Waals surface area contributed by atoms with Crippen LogP contribution in [0, 0.1) is 6.92 Å². The number of rotatable bonds is 5. The minimum atomic E-state index is -0.202. The number of hydrogen-bond donors (Lipinski definition) is 2. The maximum Gasteiger partial charge on any atom is 0.271 e. The molecule has 1 amide bonds. The van der Waals surface area contributed by atoms with Gasteiger partial charge in [-0.25, -0.2) is 9.97 Å². The quantitative estimate of drug-likeness (QED) is 0.884. The number of nitrogens with one attached hydrogen (secondary N) is 2. The van der Waals surface area contributed by atoms with Crippen molar-refractivity contribution in [1.29, 1.82) is 0 Å². The molecule has 1 aromatic carbocycles. The van der Waals surface area contributed by atoms with Crippen LogP contribution in [0.25, 0.3) is 0 Å². The van der Waals surface area contributed by atoms with Crippen LogP contribution in [0.1, 0.15) is 53.7 Å². The standard InChI is InChI=1S/C19H24N4O/c1-14-7-9-15(10-8-14)11-22-19(24)17-12-21-18(13-20-17)23-16-5-3-2-4-6-16/h7-10,12-13,16H,2-6,11H2,1H3,(H,21,23)(H,22,24). The molecule has 3 rings (SSSR count). The molecular weight excluding hydrogens is 300 g/mol. The molecule has 1 fully saturated rings. The predicted molar refractivity (Wildman–Crippen MR) is 94.9 cm³/mol. The van der Waals surface area contributed by atoms with E-state index in [-0.39, 0.29) is 5.91 Å².